The summed E-state index contributed by atoms with van der Waals surface area (Å²) in [4.78, 5) is 27.6. The third kappa shape index (κ3) is 10.7. The van der Waals surface area contributed by atoms with E-state index in [1.807, 2.05) is 0 Å². The van der Waals surface area contributed by atoms with Crippen molar-refractivity contribution in [2.75, 3.05) is 38.4 Å². The number of terminal acetylenes is 1. The third-order valence-corrected chi connectivity index (χ3v) is 2.81. The normalized spacial score (nSPS) is 10.6. The number of ether oxygens (including phenoxy) is 3. The van der Waals surface area contributed by atoms with Gasteiger partial charge in [0.2, 0.25) is 0 Å². The molecule has 0 aromatic carbocycles. The van der Waals surface area contributed by atoms with Gasteiger partial charge < -0.3 is 19.5 Å². The number of anilines is 1. The molecule has 0 radical (unpaired) electrons. The number of nitrogens with zero attached hydrogens (tertiary/aromatic N) is 1. The monoisotopic (exact) mass is 378 g/mol. The first kappa shape index (κ1) is 22.2. The molecule has 1 aromatic heterocycles. The summed E-state index contributed by atoms with van der Waals surface area (Å²) >= 11 is 0. The van der Waals surface area contributed by atoms with E-state index in [9.17, 15) is 9.59 Å². The predicted molar refractivity (Wildman–Crippen MR) is 100 cm³/mol. The number of amides is 2. The summed E-state index contributed by atoms with van der Waals surface area (Å²) in [6.07, 6.45) is 5.81. The minimum absolute atomic E-state index is 0.255. The van der Waals surface area contributed by atoms with Crippen LogP contribution in [0, 0.1) is 12.3 Å². The van der Waals surface area contributed by atoms with Gasteiger partial charge in [-0.25, -0.2) is 15.2 Å². The van der Waals surface area contributed by atoms with Gasteiger partial charge in [0, 0.05) is 12.7 Å². The second-order valence-corrected chi connectivity index (χ2v) is 6.31. The number of nitrogens with one attached hydrogen (secondary N) is 3. The molecule has 1 rings (SSSR count). The third-order valence-electron chi connectivity index (χ3n) is 2.81. The molecular weight excluding hydrogens is 352 g/mol. The van der Waals surface area contributed by atoms with Crippen molar-refractivity contribution in [2.24, 2.45) is 0 Å². The van der Waals surface area contributed by atoms with Crippen molar-refractivity contribution in [3.8, 4) is 12.3 Å². The van der Waals surface area contributed by atoms with Crippen LogP contribution in [0.3, 0.4) is 0 Å². The number of aromatic nitrogens is 1. The Morgan fingerprint density at radius 2 is 1.93 bits per heavy atom. The molecule has 0 atom stereocenters. The van der Waals surface area contributed by atoms with Crippen LogP contribution in [-0.4, -0.2) is 55.6 Å². The van der Waals surface area contributed by atoms with Crippen molar-refractivity contribution in [1.82, 2.24) is 15.7 Å². The van der Waals surface area contributed by atoms with Crippen LogP contribution >= 0.6 is 0 Å². The molecule has 0 aliphatic rings. The number of pyridine rings is 1. The van der Waals surface area contributed by atoms with E-state index in [-0.39, 0.29) is 12.5 Å². The lowest BCUT2D eigenvalue weighted by Gasteiger charge is -2.19. The highest BCUT2D eigenvalue weighted by Crippen LogP contribution is 2.07. The number of carbonyl (C=O) groups excluding carboxylic acids is 2. The molecule has 0 spiro atoms. The van der Waals surface area contributed by atoms with Crippen molar-refractivity contribution in [1.29, 1.82) is 0 Å². The number of rotatable bonds is 10. The lowest BCUT2D eigenvalue weighted by Crippen LogP contribution is -2.36. The lowest BCUT2D eigenvalue weighted by atomic mass is 10.2. The second-order valence-electron chi connectivity index (χ2n) is 6.31. The van der Waals surface area contributed by atoms with Crippen molar-refractivity contribution in [3.05, 3.63) is 23.9 Å². The van der Waals surface area contributed by atoms with Crippen molar-refractivity contribution >= 4 is 17.8 Å². The Kier molecular flexibility index (Phi) is 9.64. The fourth-order valence-corrected chi connectivity index (χ4v) is 1.71. The number of hydrazine groups is 1. The van der Waals surface area contributed by atoms with Crippen LogP contribution in [0.1, 0.15) is 31.1 Å². The molecule has 0 saturated carbocycles. The van der Waals surface area contributed by atoms with Gasteiger partial charge in [-0.15, -0.1) is 6.42 Å². The van der Waals surface area contributed by atoms with Crippen molar-refractivity contribution in [3.63, 3.8) is 0 Å². The van der Waals surface area contributed by atoms with E-state index in [1.54, 1.807) is 32.9 Å². The standard InChI is InChI=1S/C18H26N4O5/c1-5-9-25-11-12-26-10-8-19-16(23)14-6-7-15(20-13-14)21-22-17(24)27-18(2,3)4/h1,6-7,13H,8-12H2,2-4H3,(H,19,23)(H,20,21)(H,22,24). The summed E-state index contributed by atoms with van der Waals surface area (Å²) in [5.41, 5.74) is 4.75. The smallest absolute Gasteiger partial charge is 0.426 e. The summed E-state index contributed by atoms with van der Waals surface area (Å²) in [5, 5.41) is 2.71. The van der Waals surface area contributed by atoms with Gasteiger partial charge in [-0.05, 0) is 32.9 Å². The summed E-state index contributed by atoms with van der Waals surface area (Å²) in [6.45, 7) is 7.07. The number of hydrogen-bond donors (Lipinski definition) is 3. The molecule has 0 bridgehead atoms. The van der Waals surface area contributed by atoms with Gasteiger partial charge in [-0.2, -0.15) is 0 Å². The van der Waals surface area contributed by atoms with E-state index in [0.29, 0.717) is 37.7 Å². The van der Waals surface area contributed by atoms with E-state index in [0.717, 1.165) is 0 Å². The lowest BCUT2D eigenvalue weighted by molar-refractivity contribution is 0.0540. The molecule has 0 aliphatic carbocycles. The fourth-order valence-electron chi connectivity index (χ4n) is 1.71. The van der Waals surface area contributed by atoms with Crippen LogP contribution in [0.5, 0.6) is 0 Å². The minimum Gasteiger partial charge on any atom is -0.443 e. The maximum atomic E-state index is 12.0. The minimum atomic E-state index is -0.629. The maximum absolute atomic E-state index is 12.0. The van der Waals surface area contributed by atoms with Gasteiger partial charge >= 0.3 is 6.09 Å². The Balaban J connectivity index is 2.25. The summed E-state index contributed by atoms with van der Waals surface area (Å²) < 4.78 is 15.4. The van der Waals surface area contributed by atoms with Crippen molar-refractivity contribution in [2.45, 2.75) is 26.4 Å². The summed E-state index contributed by atoms with van der Waals surface area (Å²) in [6, 6.07) is 3.14. The average molecular weight is 378 g/mol. The molecule has 1 heterocycles. The van der Waals surface area contributed by atoms with E-state index < -0.39 is 11.7 Å². The first-order valence-corrected chi connectivity index (χ1v) is 8.40. The second kappa shape index (κ2) is 11.7. The van der Waals surface area contributed by atoms with Crippen LogP contribution in [0.25, 0.3) is 0 Å². The summed E-state index contributed by atoms with van der Waals surface area (Å²) in [5.74, 6) is 2.45. The highest BCUT2D eigenvalue weighted by molar-refractivity contribution is 5.94. The highest BCUT2D eigenvalue weighted by atomic mass is 16.6. The van der Waals surface area contributed by atoms with E-state index in [4.69, 9.17) is 20.6 Å². The van der Waals surface area contributed by atoms with E-state index in [1.165, 1.54) is 6.20 Å². The van der Waals surface area contributed by atoms with Crippen LogP contribution in [0.15, 0.2) is 18.3 Å². The zero-order valence-corrected chi connectivity index (χ0v) is 15.8. The topological polar surface area (TPSA) is 111 Å². The first-order chi connectivity index (χ1) is 12.8. The molecule has 1 aromatic rings. The van der Waals surface area contributed by atoms with Gasteiger partial charge in [0.15, 0.2) is 0 Å². The Morgan fingerprint density at radius 1 is 1.19 bits per heavy atom. The molecule has 148 valence electrons. The predicted octanol–water partition coefficient (Wildman–Crippen LogP) is 1.33. The SMILES string of the molecule is C#CCOCCOCCNC(=O)c1ccc(NNC(=O)OC(C)(C)C)nc1. The quantitative estimate of drug-likeness (QED) is 0.320. The summed E-state index contributed by atoms with van der Waals surface area (Å²) in [7, 11) is 0. The number of carbonyl (C=O) groups is 2. The van der Waals surface area contributed by atoms with Crippen molar-refractivity contribution < 1.29 is 23.8 Å². The Bertz CT molecular complexity index is 635. The Morgan fingerprint density at radius 3 is 2.56 bits per heavy atom. The van der Waals surface area contributed by atoms with E-state index in [2.05, 4.69) is 27.1 Å². The molecule has 3 N–H and O–H groups in total. The zero-order valence-electron chi connectivity index (χ0n) is 15.8. The van der Waals surface area contributed by atoms with Crippen LogP contribution < -0.4 is 16.2 Å². The largest absolute Gasteiger partial charge is 0.443 e. The Hall–Kier alpha value is -2.83. The molecule has 9 heteroatoms. The maximum Gasteiger partial charge on any atom is 0.426 e. The fraction of sp³-hybridized carbons (Fsp3) is 0.500. The molecule has 2 amide bonds. The van der Waals surface area contributed by atoms with Gasteiger partial charge in [-0.3, -0.25) is 10.2 Å². The molecule has 27 heavy (non-hydrogen) atoms. The average Bonchev–Trinajstić information content (AvgIpc) is 2.61. The first-order valence-electron chi connectivity index (χ1n) is 8.40. The van der Waals surface area contributed by atoms with Gasteiger partial charge in [0.05, 0.1) is 25.4 Å². The molecule has 0 saturated heterocycles. The Labute approximate surface area is 159 Å². The molecule has 9 nitrogen and oxygen atoms in total. The highest BCUT2D eigenvalue weighted by Gasteiger charge is 2.15. The zero-order chi connectivity index (χ0) is 20.1. The van der Waals surface area contributed by atoms with Gasteiger partial charge in [0.1, 0.15) is 18.0 Å². The molecular formula is C18H26N4O5. The van der Waals surface area contributed by atoms with E-state index >= 15 is 0 Å². The molecule has 0 aliphatic heterocycles. The van der Waals surface area contributed by atoms with Crippen LogP contribution in [-0.2, 0) is 14.2 Å². The molecule has 0 unspecified atom stereocenters. The van der Waals surface area contributed by atoms with Crippen LogP contribution in [0.2, 0.25) is 0 Å². The number of hydrogen-bond acceptors (Lipinski definition) is 7. The van der Waals surface area contributed by atoms with Crippen LogP contribution in [0.4, 0.5) is 10.6 Å². The van der Waals surface area contributed by atoms with Gasteiger partial charge in [-0.1, -0.05) is 5.92 Å². The molecule has 0 fully saturated rings. The van der Waals surface area contributed by atoms with Gasteiger partial charge in [0.25, 0.3) is 5.91 Å².